The van der Waals surface area contributed by atoms with Crippen LogP contribution in [0.3, 0.4) is 0 Å². The molecule has 3 amide bonds. The van der Waals surface area contributed by atoms with E-state index < -0.39 is 11.8 Å². The molecule has 0 saturated carbocycles. The van der Waals surface area contributed by atoms with Crippen LogP contribution in [0.1, 0.15) is 18.1 Å². The van der Waals surface area contributed by atoms with Gasteiger partial charge in [-0.2, -0.15) is 5.10 Å². The van der Waals surface area contributed by atoms with Gasteiger partial charge < -0.3 is 29.6 Å². The third-order valence-corrected chi connectivity index (χ3v) is 6.05. The first-order chi connectivity index (χ1) is 19.3. The number of halogens is 1. The van der Waals surface area contributed by atoms with E-state index in [9.17, 15) is 14.4 Å². The van der Waals surface area contributed by atoms with Crippen LogP contribution in [0.2, 0.25) is 0 Å². The van der Waals surface area contributed by atoms with Gasteiger partial charge in [0.05, 0.1) is 30.6 Å². The third kappa shape index (κ3) is 9.15. The summed E-state index contributed by atoms with van der Waals surface area (Å²) in [6.45, 7) is 2.11. The molecule has 3 aromatic rings. The van der Waals surface area contributed by atoms with Crippen LogP contribution in [0.15, 0.2) is 65.8 Å². The lowest BCUT2D eigenvalue weighted by atomic mass is 10.2. The van der Waals surface area contributed by atoms with Gasteiger partial charge in [0.15, 0.2) is 18.1 Å². The Hall–Kier alpha value is -4.33. The predicted molar refractivity (Wildman–Crippen MR) is 158 cm³/mol. The standard InChI is InChI=1S/C28H29IN4O7/c1-4-39-24-14-19(16-31-33-28(36)27(35)30-15-18-5-9-21(37-2)10-6-18)13-23(29)26(24)40-17-25(34)32-20-7-11-22(38-3)12-8-20/h5-14,16H,4,15,17H2,1-3H3,(H,30,35)(H,32,34)(H,33,36)/b31-16-. The van der Waals surface area contributed by atoms with Crippen molar-refractivity contribution in [1.29, 1.82) is 0 Å². The van der Waals surface area contributed by atoms with E-state index >= 15 is 0 Å². The number of amides is 3. The van der Waals surface area contributed by atoms with Gasteiger partial charge in [0.2, 0.25) is 0 Å². The molecule has 11 nitrogen and oxygen atoms in total. The van der Waals surface area contributed by atoms with E-state index in [2.05, 4.69) is 43.8 Å². The second kappa shape index (κ2) is 15.3. The first-order valence-corrected chi connectivity index (χ1v) is 13.2. The van der Waals surface area contributed by atoms with E-state index in [1.807, 2.05) is 6.92 Å². The highest BCUT2D eigenvalue weighted by Crippen LogP contribution is 2.34. The van der Waals surface area contributed by atoms with Gasteiger partial charge in [0, 0.05) is 12.2 Å². The first kappa shape index (κ1) is 30.2. The van der Waals surface area contributed by atoms with Gasteiger partial charge in [-0.15, -0.1) is 0 Å². The van der Waals surface area contributed by atoms with Crippen molar-refractivity contribution in [3.63, 3.8) is 0 Å². The Bertz CT molecular complexity index is 1350. The van der Waals surface area contributed by atoms with Gasteiger partial charge in [-0.1, -0.05) is 12.1 Å². The maximum Gasteiger partial charge on any atom is 0.329 e. The van der Waals surface area contributed by atoms with Crippen LogP contribution in [0.25, 0.3) is 0 Å². The lowest BCUT2D eigenvalue weighted by Gasteiger charge is -2.14. The van der Waals surface area contributed by atoms with Gasteiger partial charge in [-0.25, -0.2) is 5.43 Å². The molecule has 3 rings (SSSR count). The summed E-state index contributed by atoms with van der Waals surface area (Å²) in [5.41, 5.74) is 4.21. The summed E-state index contributed by atoms with van der Waals surface area (Å²) in [6, 6.07) is 17.4. The largest absolute Gasteiger partial charge is 0.497 e. The van der Waals surface area contributed by atoms with Gasteiger partial charge in [-0.05, 0) is 89.2 Å². The van der Waals surface area contributed by atoms with E-state index in [1.165, 1.54) is 6.21 Å². The summed E-state index contributed by atoms with van der Waals surface area (Å²) < 4.78 is 22.3. The molecule has 3 N–H and O–H groups in total. The number of methoxy groups -OCH3 is 2. The monoisotopic (exact) mass is 660 g/mol. The van der Waals surface area contributed by atoms with Crippen LogP contribution in [0, 0.1) is 3.57 Å². The van der Waals surface area contributed by atoms with Crippen LogP contribution in [0.5, 0.6) is 23.0 Å². The molecule has 40 heavy (non-hydrogen) atoms. The summed E-state index contributed by atoms with van der Waals surface area (Å²) in [6.07, 6.45) is 1.37. The van der Waals surface area contributed by atoms with Crippen molar-refractivity contribution in [2.24, 2.45) is 5.10 Å². The van der Waals surface area contributed by atoms with Crippen molar-refractivity contribution in [3.8, 4) is 23.0 Å². The number of hydrogen-bond acceptors (Lipinski definition) is 8. The Labute approximate surface area is 245 Å². The molecule has 0 aliphatic rings. The van der Waals surface area contributed by atoms with Crippen molar-refractivity contribution in [3.05, 3.63) is 75.4 Å². The number of hydrogen-bond donors (Lipinski definition) is 3. The van der Waals surface area contributed by atoms with Crippen LogP contribution in [-0.2, 0) is 20.9 Å². The third-order valence-electron chi connectivity index (χ3n) is 5.25. The SMILES string of the molecule is CCOc1cc(/C=N\NC(=O)C(=O)NCc2ccc(OC)cc2)cc(I)c1OCC(=O)Nc1ccc(OC)cc1. The molecule has 0 spiro atoms. The molecule has 0 aliphatic carbocycles. The number of rotatable bonds is 12. The minimum absolute atomic E-state index is 0.176. The predicted octanol–water partition coefficient (Wildman–Crippen LogP) is 3.49. The lowest BCUT2D eigenvalue weighted by Crippen LogP contribution is -2.37. The smallest absolute Gasteiger partial charge is 0.329 e. The average molecular weight is 660 g/mol. The van der Waals surface area contributed by atoms with E-state index in [4.69, 9.17) is 18.9 Å². The topological polar surface area (TPSA) is 137 Å². The number of ether oxygens (including phenoxy) is 4. The van der Waals surface area contributed by atoms with E-state index in [0.29, 0.717) is 44.4 Å². The molecule has 12 heteroatoms. The highest BCUT2D eigenvalue weighted by Gasteiger charge is 2.15. The number of nitrogens with one attached hydrogen (secondary N) is 3. The molecular formula is C28H29IN4O7. The second-order valence-electron chi connectivity index (χ2n) is 8.06. The number of nitrogens with zero attached hydrogens (tertiary/aromatic N) is 1. The van der Waals surface area contributed by atoms with Crippen molar-refractivity contribution >= 4 is 52.2 Å². The zero-order valence-corrected chi connectivity index (χ0v) is 24.3. The van der Waals surface area contributed by atoms with Crippen molar-refractivity contribution in [2.75, 3.05) is 32.8 Å². The Kier molecular flexibility index (Phi) is 11.6. The zero-order valence-electron chi connectivity index (χ0n) is 22.2. The summed E-state index contributed by atoms with van der Waals surface area (Å²) in [4.78, 5) is 36.6. The fourth-order valence-electron chi connectivity index (χ4n) is 3.30. The number of carbonyl (C=O) groups excluding carboxylic acids is 3. The van der Waals surface area contributed by atoms with Crippen LogP contribution in [-0.4, -0.2) is 51.4 Å². The number of carbonyl (C=O) groups is 3. The van der Waals surface area contributed by atoms with Crippen molar-refractivity contribution in [1.82, 2.24) is 10.7 Å². The molecular weight excluding hydrogens is 631 g/mol. The van der Waals surface area contributed by atoms with Crippen LogP contribution < -0.4 is 35.0 Å². The summed E-state index contributed by atoms with van der Waals surface area (Å²) in [5, 5.41) is 9.15. The number of hydrazone groups is 1. The second-order valence-corrected chi connectivity index (χ2v) is 9.22. The Morgan fingerprint density at radius 1 is 0.900 bits per heavy atom. The van der Waals surface area contributed by atoms with E-state index in [-0.39, 0.29) is 19.1 Å². The van der Waals surface area contributed by atoms with E-state index in [1.54, 1.807) is 74.9 Å². The summed E-state index contributed by atoms with van der Waals surface area (Å²) in [7, 11) is 3.13. The van der Waals surface area contributed by atoms with Gasteiger partial charge in [0.1, 0.15) is 11.5 Å². The minimum atomic E-state index is -0.910. The molecule has 0 aromatic heterocycles. The van der Waals surface area contributed by atoms with Gasteiger partial charge in [-0.3, -0.25) is 14.4 Å². The molecule has 0 radical (unpaired) electrons. The Morgan fingerprint density at radius 3 is 2.17 bits per heavy atom. The maximum atomic E-state index is 12.4. The molecule has 0 bridgehead atoms. The van der Waals surface area contributed by atoms with E-state index in [0.717, 1.165) is 5.56 Å². The minimum Gasteiger partial charge on any atom is -0.497 e. The number of anilines is 1. The molecule has 0 heterocycles. The summed E-state index contributed by atoms with van der Waals surface area (Å²) in [5.74, 6) is 0.0899. The molecule has 3 aromatic carbocycles. The van der Waals surface area contributed by atoms with Crippen LogP contribution >= 0.6 is 22.6 Å². The maximum absolute atomic E-state index is 12.4. The Morgan fingerprint density at radius 2 is 1.55 bits per heavy atom. The Balaban J connectivity index is 1.55. The fraction of sp³-hybridized carbons (Fsp3) is 0.214. The molecule has 0 aliphatic heterocycles. The highest BCUT2D eigenvalue weighted by molar-refractivity contribution is 14.1. The average Bonchev–Trinajstić information content (AvgIpc) is 2.96. The van der Waals surface area contributed by atoms with Crippen molar-refractivity contribution in [2.45, 2.75) is 13.5 Å². The normalized spacial score (nSPS) is 10.5. The quantitative estimate of drug-likeness (QED) is 0.117. The summed E-state index contributed by atoms with van der Waals surface area (Å²) >= 11 is 2.05. The fourth-order valence-corrected chi connectivity index (χ4v) is 4.08. The number of benzene rings is 3. The first-order valence-electron chi connectivity index (χ1n) is 12.1. The molecule has 0 unspecified atom stereocenters. The molecule has 0 saturated heterocycles. The molecule has 0 atom stereocenters. The van der Waals surface area contributed by atoms with Crippen LogP contribution in [0.4, 0.5) is 5.69 Å². The molecule has 0 fully saturated rings. The van der Waals surface area contributed by atoms with Gasteiger partial charge >= 0.3 is 11.8 Å². The van der Waals surface area contributed by atoms with Gasteiger partial charge in [0.25, 0.3) is 5.91 Å². The zero-order chi connectivity index (χ0) is 28.9. The highest BCUT2D eigenvalue weighted by atomic mass is 127. The van der Waals surface area contributed by atoms with Crippen molar-refractivity contribution < 1.29 is 33.3 Å². The lowest BCUT2D eigenvalue weighted by molar-refractivity contribution is -0.139. The molecule has 210 valence electrons.